The first-order chi connectivity index (χ1) is 8.63. The van der Waals surface area contributed by atoms with Gasteiger partial charge in [-0.05, 0) is 30.3 Å². The summed E-state index contributed by atoms with van der Waals surface area (Å²) < 4.78 is 2.75. The highest BCUT2D eigenvalue weighted by atomic mass is 79.9. The summed E-state index contributed by atoms with van der Waals surface area (Å²) in [6, 6.07) is 5.81. The van der Waals surface area contributed by atoms with Crippen LogP contribution in [0.2, 0.25) is 5.02 Å². The summed E-state index contributed by atoms with van der Waals surface area (Å²) in [5.74, 6) is 0. The van der Waals surface area contributed by atoms with Crippen molar-refractivity contribution in [1.82, 2.24) is 20.3 Å². The number of aromatic nitrogens is 3. The van der Waals surface area contributed by atoms with Gasteiger partial charge in [-0.25, -0.2) is 0 Å². The van der Waals surface area contributed by atoms with E-state index in [1.165, 1.54) is 0 Å². The number of hydrogen-bond donors (Lipinski definition) is 1. The lowest BCUT2D eigenvalue weighted by Crippen LogP contribution is -2.24. The van der Waals surface area contributed by atoms with Crippen molar-refractivity contribution < 1.29 is 0 Å². The Morgan fingerprint density at radius 2 is 2.28 bits per heavy atom. The van der Waals surface area contributed by atoms with Crippen LogP contribution in [-0.4, -0.2) is 21.5 Å². The molecule has 0 fully saturated rings. The molecular weight excluding hydrogens is 316 g/mol. The first kappa shape index (κ1) is 13.5. The molecule has 1 unspecified atom stereocenters. The topological polar surface area (TPSA) is 42.7 Å². The van der Waals surface area contributed by atoms with Gasteiger partial charge in [0, 0.05) is 16.5 Å². The minimum absolute atomic E-state index is 0.0139. The van der Waals surface area contributed by atoms with Crippen LogP contribution in [0.5, 0.6) is 0 Å². The van der Waals surface area contributed by atoms with Crippen molar-refractivity contribution in [1.29, 1.82) is 0 Å². The Morgan fingerprint density at radius 1 is 1.50 bits per heavy atom. The molecule has 0 saturated carbocycles. The number of benzene rings is 1. The van der Waals surface area contributed by atoms with E-state index in [4.69, 9.17) is 11.6 Å². The van der Waals surface area contributed by atoms with Crippen molar-refractivity contribution in [3.05, 3.63) is 45.1 Å². The average Bonchev–Trinajstić information content (AvgIpc) is 2.76. The molecule has 4 nitrogen and oxygen atoms in total. The quantitative estimate of drug-likeness (QED) is 0.938. The van der Waals surface area contributed by atoms with Crippen LogP contribution in [0.4, 0.5) is 0 Å². The van der Waals surface area contributed by atoms with Crippen molar-refractivity contribution in [2.45, 2.75) is 13.0 Å². The lowest BCUT2D eigenvalue weighted by molar-refractivity contribution is 0.568. The van der Waals surface area contributed by atoms with E-state index < -0.39 is 0 Å². The fourth-order valence-corrected chi connectivity index (χ4v) is 2.48. The van der Waals surface area contributed by atoms with Gasteiger partial charge in [0.15, 0.2) is 0 Å². The van der Waals surface area contributed by atoms with E-state index in [1.54, 1.807) is 10.9 Å². The predicted octanol–water partition coefficient (Wildman–Crippen LogP) is 2.93. The van der Waals surface area contributed by atoms with Gasteiger partial charge < -0.3 is 5.32 Å². The molecular formula is C12H14BrClN4. The first-order valence-electron chi connectivity index (χ1n) is 5.66. The molecule has 1 atom stereocenters. The molecule has 0 aliphatic rings. The third-order valence-corrected chi connectivity index (χ3v) is 3.56. The number of rotatable bonds is 4. The van der Waals surface area contributed by atoms with Crippen molar-refractivity contribution in [3.8, 4) is 0 Å². The summed E-state index contributed by atoms with van der Waals surface area (Å²) in [5.41, 5.74) is 2.00. The number of nitrogens with zero attached hydrogens (tertiary/aromatic N) is 3. The number of hydrogen-bond acceptors (Lipinski definition) is 3. The fraction of sp³-hybridized carbons (Fsp3) is 0.333. The Kier molecular flexibility index (Phi) is 4.37. The minimum Gasteiger partial charge on any atom is -0.305 e. The Balaban J connectivity index is 2.48. The van der Waals surface area contributed by atoms with Gasteiger partial charge in [-0.15, -0.1) is 5.10 Å². The van der Waals surface area contributed by atoms with Crippen molar-refractivity contribution in [2.24, 2.45) is 7.05 Å². The van der Waals surface area contributed by atoms with Gasteiger partial charge in [-0.2, -0.15) is 0 Å². The molecule has 0 amide bonds. The van der Waals surface area contributed by atoms with Crippen LogP contribution in [0.25, 0.3) is 0 Å². The number of aryl methyl sites for hydroxylation is 1. The van der Waals surface area contributed by atoms with E-state index in [0.717, 1.165) is 27.3 Å². The monoisotopic (exact) mass is 328 g/mol. The zero-order valence-electron chi connectivity index (χ0n) is 10.2. The molecule has 1 aromatic heterocycles. The third kappa shape index (κ3) is 2.74. The Bertz CT molecular complexity index is 541. The van der Waals surface area contributed by atoms with Crippen molar-refractivity contribution in [2.75, 3.05) is 6.54 Å². The number of halogens is 2. The van der Waals surface area contributed by atoms with Crippen LogP contribution in [0.15, 0.2) is 28.9 Å². The fourth-order valence-electron chi connectivity index (χ4n) is 1.87. The van der Waals surface area contributed by atoms with Crippen LogP contribution in [0.1, 0.15) is 24.2 Å². The average molecular weight is 330 g/mol. The lowest BCUT2D eigenvalue weighted by Gasteiger charge is -2.19. The Labute approximate surface area is 119 Å². The van der Waals surface area contributed by atoms with E-state index in [-0.39, 0.29) is 6.04 Å². The van der Waals surface area contributed by atoms with Crippen molar-refractivity contribution in [3.63, 3.8) is 0 Å². The molecule has 1 heterocycles. The maximum Gasteiger partial charge on any atom is 0.0799 e. The summed E-state index contributed by atoms with van der Waals surface area (Å²) in [6.07, 6.45) is 1.75. The molecule has 2 aromatic rings. The maximum absolute atomic E-state index is 6.29. The van der Waals surface area contributed by atoms with E-state index in [9.17, 15) is 0 Å². The van der Waals surface area contributed by atoms with Crippen molar-refractivity contribution >= 4 is 27.5 Å². The van der Waals surface area contributed by atoms with Gasteiger partial charge in [-0.1, -0.05) is 39.7 Å². The molecule has 0 bridgehead atoms. The Morgan fingerprint density at radius 3 is 2.89 bits per heavy atom. The van der Waals surface area contributed by atoms with Gasteiger partial charge in [-0.3, -0.25) is 4.68 Å². The molecule has 0 aliphatic carbocycles. The second-order valence-corrected chi connectivity index (χ2v) is 5.26. The molecule has 1 N–H and O–H groups in total. The third-order valence-electron chi connectivity index (χ3n) is 2.72. The highest BCUT2D eigenvalue weighted by Crippen LogP contribution is 2.30. The van der Waals surface area contributed by atoms with Crippen LogP contribution < -0.4 is 5.32 Å². The summed E-state index contributed by atoms with van der Waals surface area (Å²) in [7, 11) is 1.87. The van der Waals surface area contributed by atoms with Crippen LogP contribution in [0, 0.1) is 0 Å². The lowest BCUT2D eigenvalue weighted by atomic mass is 10.0. The zero-order chi connectivity index (χ0) is 13.1. The predicted molar refractivity (Wildman–Crippen MR) is 75.7 cm³/mol. The second kappa shape index (κ2) is 5.82. The molecule has 0 spiro atoms. The highest BCUT2D eigenvalue weighted by Gasteiger charge is 2.19. The molecule has 2 rings (SSSR count). The second-order valence-electron chi connectivity index (χ2n) is 3.94. The molecule has 0 aliphatic heterocycles. The van der Waals surface area contributed by atoms with Crippen LogP contribution in [0.3, 0.4) is 0 Å². The minimum atomic E-state index is -0.0139. The molecule has 18 heavy (non-hydrogen) atoms. The van der Waals surface area contributed by atoms with E-state index in [0.29, 0.717) is 0 Å². The molecule has 0 saturated heterocycles. The van der Waals surface area contributed by atoms with E-state index in [1.807, 2.05) is 25.2 Å². The summed E-state index contributed by atoms with van der Waals surface area (Å²) >= 11 is 9.76. The SMILES string of the molecule is CCNC(c1cc(Br)ccc1Cl)c1cnnn1C. The van der Waals surface area contributed by atoms with Crippen LogP contribution in [-0.2, 0) is 7.05 Å². The largest absolute Gasteiger partial charge is 0.305 e. The van der Waals surface area contributed by atoms with E-state index in [2.05, 4.69) is 38.5 Å². The first-order valence-corrected chi connectivity index (χ1v) is 6.83. The zero-order valence-corrected chi connectivity index (χ0v) is 12.5. The van der Waals surface area contributed by atoms with Gasteiger partial charge in [0.05, 0.1) is 17.9 Å². The van der Waals surface area contributed by atoms with Gasteiger partial charge >= 0.3 is 0 Å². The normalized spacial score (nSPS) is 12.7. The van der Waals surface area contributed by atoms with E-state index >= 15 is 0 Å². The Hall–Kier alpha value is -0.910. The maximum atomic E-state index is 6.29. The smallest absolute Gasteiger partial charge is 0.0799 e. The molecule has 1 aromatic carbocycles. The standard InChI is InChI=1S/C12H14BrClN4/c1-3-15-12(11-7-16-17-18(11)2)9-6-8(13)4-5-10(9)14/h4-7,12,15H,3H2,1-2H3. The molecule has 96 valence electrons. The highest BCUT2D eigenvalue weighted by molar-refractivity contribution is 9.10. The van der Waals surface area contributed by atoms with Gasteiger partial charge in [0.2, 0.25) is 0 Å². The van der Waals surface area contributed by atoms with Crippen LogP contribution >= 0.6 is 27.5 Å². The summed E-state index contributed by atoms with van der Waals surface area (Å²) in [5, 5.41) is 12.0. The molecule has 0 radical (unpaired) electrons. The summed E-state index contributed by atoms with van der Waals surface area (Å²) in [4.78, 5) is 0. The number of nitrogens with one attached hydrogen (secondary N) is 1. The van der Waals surface area contributed by atoms with Gasteiger partial charge in [0.1, 0.15) is 0 Å². The van der Waals surface area contributed by atoms with Gasteiger partial charge in [0.25, 0.3) is 0 Å². The summed E-state index contributed by atoms with van der Waals surface area (Å²) in [6.45, 7) is 2.89. The molecule has 6 heteroatoms.